The van der Waals surface area contributed by atoms with Gasteiger partial charge in [-0.05, 0) is 37.9 Å². The Hall–Kier alpha value is -1.53. The van der Waals surface area contributed by atoms with Crippen LogP contribution in [0.5, 0.6) is 0 Å². The number of nitrogens with one attached hydrogen (secondary N) is 1. The zero-order chi connectivity index (χ0) is 18.4. The monoisotopic (exact) mass is 364 g/mol. The largest absolute Gasteiger partial charge is 0.375 e. The van der Waals surface area contributed by atoms with E-state index in [-0.39, 0.29) is 18.3 Å². The van der Waals surface area contributed by atoms with Crippen LogP contribution in [-0.4, -0.2) is 48.0 Å². The Labute approximate surface area is 152 Å². The second kappa shape index (κ2) is 6.27. The van der Waals surface area contributed by atoms with Crippen LogP contribution in [0, 0.1) is 11.3 Å². The van der Waals surface area contributed by atoms with Gasteiger partial charge in [0.1, 0.15) is 0 Å². The van der Waals surface area contributed by atoms with E-state index in [0.29, 0.717) is 18.7 Å². The van der Waals surface area contributed by atoms with Crippen LogP contribution in [0.1, 0.15) is 37.7 Å². The van der Waals surface area contributed by atoms with E-state index in [2.05, 4.69) is 5.32 Å². The van der Waals surface area contributed by atoms with Crippen LogP contribution in [0.3, 0.4) is 0 Å². The van der Waals surface area contributed by atoms with Gasteiger partial charge in [-0.2, -0.15) is 0 Å². The van der Waals surface area contributed by atoms with Crippen LogP contribution in [0.2, 0.25) is 0 Å². The van der Waals surface area contributed by atoms with Gasteiger partial charge in [0, 0.05) is 37.3 Å². The molecule has 1 aliphatic carbocycles. The maximum atomic E-state index is 13.8. The van der Waals surface area contributed by atoms with Crippen molar-refractivity contribution in [3.63, 3.8) is 0 Å². The average Bonchev–Trinajstić information content (AvgIpc) is 3.00. The summed E-state index contributed by atoms with van der Waals surface area (Å²) in [6, 6.07) is 8.63. The molecule has 0 aromatic heterocycles. The molecule has 3 aliphatic rings. The van der Waals surface area contributed by atoms with Crippen molar-refractivity contribution in [3.8, 4) is 0 Å². The molecule has 26 heavy (non-hydrogen) atoms. The Morgan fingerprint density at radius 2 is 1.81 bits per heavy atom. The average molecular weight is 364 g/mol. The molecule has 3 fully saturated rings. The molecule has 1 amide bonds. The predicted molar refractivity (Wildman–Crippen MR) is 93.7 cm³/mol. The molecule has 4 rings (SSSR count). The van der Waals surface area contributed by atoms with Crippen LogP contribution in [0.15, 0.2) is 30.3 Å². The topological polar surface area (TPSA) is 52.6 Å². The molecule has 0 bridgehead atoms. The van der Waals surface area contributed by atoms with Crippen molar-refractivity contribution in [1.82, 2.24) is 10.2 Å². The van der Waals surface area contributed by atoms with E-state index in [1.165, 1.54) is 0 Å². The summed E-state index contributed by atoms with van der Waals surface area (Å²) in [5, 5.41) is 14.8. The number of amides is 1. The van der Waals surface area contributed by atoms with Crippen molar-refractivity contribution in [3.05, 3.63) is 35.9 Å². The van der Waals surface area contributed by atoms with Crippen molar-refractivity contribution in [2.75, 3.05) is 26.2 Å². The summed E-state index contributed by atoms with van der Waals surface area (Å²) in [5.74, 6) is -3.97. The van der Waals surface area contributed by atoms with E-state index < -0.39 is 29.8 Å². The fourth-order valence-electron chi connectivity index (χ4n) is 4.95. The fraction of sp³-hybridized carbons (Fsp3) is 0.650. The van der Waals surface area contributed by atoms with Crippen LogP contribution in [0.25, 0.3) is 0 Å². The summed E-state index contributed by atoms with van der Waals surface area (Å²) in [4.78, 5) is 15.0. The van der Waals surface area contributed by atoms with Crippen LogP contribution in [0.4, 0.5) is 8.78 Å². The molecule has 1 spiro atoms. The lowest BCUT2D eigenvalue weighted by Gasteiger charge is -2.54. The maximum absolute atomic E-state index is 13.8. The first-order valence-corrected chi connectivity index (χ1v) is 9.51. The highest BCUT2D eigenvalue weighted by molar-refractivity contribution is 5.87. The zero-order valence-corrected chi connectivity index (χ0v) is 14.9. The summed E-state index contributed by atoms with van der Waals surface area (Å²) in [6.07, 6.45) is 1.49. The molecule has 2 atom stereocenters. The first-order chi connectivity index (χ1) is 12.3. The lowest BCUT2D eigenvalue weighted by atomic mass is 9.70. The lowest BCUT2D eigenvalue weighted by Crippen LogP contribution is -2.65. The summed E-state index contributed by atoms with van der Waals surface area (Å²) in [5.41, 5.74) is -1.30. The second-order valence-corrected chi connectivity index (χ2v) is 8.34. The van der Waals surface area contributed by atoms with Gasteiger partial charge in [-0.15, -0.1) is 0 Å². The number of nitrogens with zero attached hydrogens (tertiary/aromatic N) is 1. The first-order valence-electron chi connectivity index (χ1n) is 9.51. The fourth-order valence-corrected chi connectivity index (χ4v) is 4.95. The number of halogens is 2. The molecule has 1 aromatic rings. The van der Waals surface area contributed by atoms with Gasteiger partial charge in [0.25, 0.3) is 5.91 Å². The number of carbonyl (C=O) groups excluding carboxylic acids is 1. The maximum Gasteiger partial charge on any atom is 0.259 e. The van der Waals surface area contributed by atoms with Gasteiger partial charge in [-0.1, -0.05) is 30.3 Å². The van der Waals surface area contributed by atoms with E-state index in [1.54, 1.807) is 35.2 Å². The van der Waals surface area contributed by atoms with Gasteiger partial charge >= 0.3 is 0 Å². The Bertz CT molecular complexity index is 668. The molecule has 142 valence electrons. The number of hydrogen-bond donors (Lipinski definition) is 2. The lowest BCUT2D eigenvalue weighted by molar-refractivity contribution is -0.174. The number of rotatable bonds is 3. The molecular formula is C20H26F2N2O2. The van der Waals surface area contributed by atoms with E-state index >= 15 is 0 Å². The Morgan fingerprint density at radius 3 is 2.38 bits per heavy atom. The SMILES string of the molecule is O=C(N1CC2(CCNCC2)C1)[C@](O)(c1ccccc1)[C@@H]1CCC(F)(F)C1. The summed E-state index contributed by atoms with van der Waals surface area (Å²) in [7, 11) is 0. The molecule has 1 saturated carbocycles. The molecule has 1 aromatic carbocycles. The van der Waals surface area contributed by atoms with Gasteiger partial charge in [0.15, 0.2) is 5.60 Å². The number of likely N-dealkylation sites (tertiary alicyclic amines) is 1. The van der Waals surface area contributed by atoms with E-state index in [9.17, 15) is 18.7 Å². The third-order valence-corrected chi connectivity index (χ3v) is 6.54. The van der Waals surface area contributed by atoms with E-state index in [0.717, 1.165) is 25.9 Å². The van der Waals surface area contributed by atoms with Gasteiger partial charge in [0.2, 0.25) is 5.92 Å². The number of hydrogen-bond acceptors (Lipinski definition) is 3. The van der Waals surface area contributed by atoms with Gasteiger partial charge in [0.05, 0.1) is 0 Å². The van der Waals surface area contributed by atoms with E-state index in [1.807, 2.05) is 0 Å². The highest BCUT2D eigenvalue weighted by Crippen LogP contribution is 2.49. The summed E-state index contributed by atoms with van der Waals surface area (Å²) in [6.45, 7) is 3.12. The Balaban J connectivity index is 1.58. The van der Waals surface area contributed by atoms with Crippen LogP contribution in [-0.2, 0) is 10.4 Å². The smallest absolute Gasteiger partial charge is 0.259 e. The highest BCUT2D eigenvalue weighted by Gasteiger charge is 2.57. The van der Waals surface area contributed by atoms with Gasteiger partial charge < -0.3 is 15.3 Å². The van der Waals surface area contributed by atoms with Crippen molar-refractivity contribution < 1.29 is 18.7 Å². The third-order valence-electron chi connectivity index (χ3n) is 6.54. The number of piperidine rings is 1. The molecular weight excluding hydrogens is 338 g/mol. The predicted octanol–water partition coefficient (Wildman–Crippen LogP) is 2.52. The molecule has 2 aliphatic heterocycles. The summed E-state index contributed by atoms with van der Waals surface area (Å²) < 4.78 is 27.7. The standard InChI is InChI=1S/C20H26F2N2O2/c21-19(22)7-6-16(12-19)20(26,15-4-2-1-3-5-15)17(25)24-13-18(14-24)8-10-23-11-9-18/h1-5,16,23,26H,6-14H2/t16-,20+/m1/s1. The van der Waals surface area contributed by atoms with Crippen LogP contribution >= 0.6 is 0 Å². The number of alkyl halides is 2. The quantitative estimate of drug-likeness (QED) is 0.867. The number of carbonyl (C=O) groups is 1. The van der Waals surface area contributed by atoms with Gasteiger partial charge in [-0.3, -0.25) is 4.79 Å². The third kappa shape index (κ3) is 2.93. The molecule has 6 heteroatoms. The molecule has 4 nitrogen and oxygen atoms in total. The van der Waals surface area contributed by atoms with E-state index in [4.69, 9.17) is 0 Å². The minimum Gasteiger partial charge on any atom is -0.375 e. The molecule has 2 N–H and O–H groups in total. The Morgan fingerprint density at radius 1 is 1.15 bits per heavy atom. The van der Waals surface area contributed by atoms with Gasteiger partial charge in [-0.25, -0.2) is 8.78 Å². The number of aliphatic hydroxyl groups is 1. The Kier molecular flexibility index (Phi) is 4.31. The second-order valence-electron chi connectivity index (χ2n) is 8.34. The molecule has 2 saturated heterocycles. The normalized spacial score (nSPS) is 29.2. The van der Waals surface area contributed by atoms with Crippen molar-refractivity contribution in [2.45, 2.75) is 43.6 Å². The zero-order valence-electron chi connectivity index (χ0n) is 14.9. The van der Waals surface area contributed by atoms with Crippen molar-refractivity contribution in [2.24, 2.45) is 11.3 Å². The minimum absolute atomic E-state index is 0.137. The van der Waals surface area contributed by atoms with Crippen molar-refractivity contribution >= 4 is 5.91 Å². The van der Waals surface area contributed by atoms with Crippen molar-refractivity contribution in [1.29, 1.82) is 0 Å². The highest BCUT2D eigenvalue weighted by atomic mass is 19.3. The van der Waals surface area contributed by atoms with Crippen LogP contribution < -0.4 is 5.32 Å². The minimum atomic E-state index is -2.81. The number of benzene rings is 1. The molecule has 2 heterocycles. The first kappa shape index (κ1) is 17.9. The molecule has 0 radical (unpaired) electrons. The molecule has 0 unspecified atom stereocenters. The summed E-state index contributed by atoms with van der Waals surface area (Å²) >= 11 is 0.